The summed E-state index contributed by atoms with van der Waals surface area (Å²) in [5.74, 6) is -0.344. The van der Waals surface area contributed by atoms with E-state index < -0.39 is 0 Å². The van der Waals surface area contributed by atoms with Crippen LogP contribution in [0.25, 0.3) is 0 Å². The van der Waals surface area contributed by atoms with Crippen molar-refractivity contribution in [2.75, 3.05) is 39.6 Å². The fourth-order valence-corrected chi connectivity index (χ4v) is 0.859. The Kier molecular flexibility index (Phi) is 10.9. The van der Waals surface area contributed by atoms with Crippen molar-refractivity contribution in [3.8, 4) is 0 Å². The Labute approximate surface area is 90.9 Å². The van der Waals surface area contributed by atoms with Gasteiger partial charge in [-0.15, -0.1) is 0 Å². The molecule has 0 atom stereocenters. The number of nitrogens with two attached hydrogens (primary N) is 1. The van der Waals surface area contributed by atoms with Gasteiger partial charge in [0.25, 0.3) is 0 Å². The van der Waals surface area contributed by atoms with E-state index in [2.05, 4.69) is 6.92 Å². The molecule has 0 aromatic rings. The quantitative estimate of drug-likeness (QED) is 0.508. The van der Waals surface area contributed by atoms with Gasteiger partial charge in [0, 0.05) is 13.0 Å². The molecule has 0 heterocycles. The summed E-state index contributed by atoms with van der Waals surface area (Å²) in [6, 6.07) is 0. The highest BCUT2D eigenvalue weighted by Crippen LogP contribution is 1.84. The zero-order valence-electron chi connectivity index (χ0n) is 9.37. The predicted molar refractivity (Wildman–Crippen MR) is 56.6 cm³/mol. The number of rotatable bonds is 11. The molecule has 0 saturated heterocycles. The first-order valence-electron chi connectivity index (χ1n) is 5.29. The Morgan fingerprint density at radius 3 is 1.87 bits per heavy atom. The topological polar surface area (TPSA) is 70.8 Å². The second-order valence-corrected chi connectivity index (χ2v) is 3.05. The Balaban J connectivity index is 2.89. The van der Waals surface area contributed by atoms with Crippen LogP contribution < -0.4 is 5.73 Å². The van der Waals surface area contributed by atoms with Crippen LogP contribution in [0.5, 0.6) is 0 Å². The molecular formula is C10H21NO4. The lowest BCUT2D eigenvalue weighted by molar-refractivity contribution is -0.119. The lowest BCUT2D eigenvalue weighted by atomic mass is 10.4. The van der Waals surface area contributed by atoms with Crippen molar-refractivity contribution in [2.45, 2.75) is 19.8 Å². The molecular weight excluding hydrogens is 198 g/mol. The molecule has 0 rings (SSSR count). The van der Waals surface area contributed by atoms with Crippen molar-refractivity contribution < 1.29 is 19.0 Å². The highest BCUT2D eigenvalue weighted by Gasteiger charge is 1.94. The molecule has 5 heteroatoms. The minimum atomic E-state index is -0.344. The van der Waals surface area contributed by atoms with E-state index in [1.165, 1.54) is 0 Å². The third-order valence-electron chi connectivity index (χ3n) is 1.59. The normalized spacial score (nSPS) is 10.5. The molecule has 15 heavy (non-hydrogen) atoms. The van der Waals surface area contributed by atoms with E-state index in [0.717, 1.165) is 13.0 Å². The van der Waals surface area contributed by atoms with E-state index in [-0.39, 0.29) is 12.3 Å². The van der Waals surface area contributed by atoms with Gasteiger partial charge in [-0.2, -0.15) is 0 Å². The van der Waals surface area contributed by atoms with Crippen molar-refractivity contribution in [1.29, 1.82) is 0 Å². The third kappa shape index (κ3) is 13.3. The first kappa shape index (κ1) is 14.3. The first-order chi connectivity index (χ1) is 7.27. The van der Waals surface area contributed by atoms with Crippen molar-refractivity contribution in [1.82, 2.24) is 0 Å². The number of amides is 1. The predicted octanol–water partition coefficient (Wildman–Crippen LogP) is 0.322. The van der Waals surface area contributed by atoms with Gasteiger partial charge in [-0.05, 0) is 6.42 Å². The van der Waals surface area contributed by atoms with Gasteiger partial charge in [0.05, 0.1) is 33.0 Å². The summed E-state index contributed by atoms with van der Waals surface area (Å²) < 4.78 is 15.5. The molecule has 0 aliphatic rings. The van der Waals surface area contributed by atoms with Crippen LogP contribution in [-0.2, 0) is 19.0 Å². The van der Waals surface area contributed by atoms with Crippen molar-refractivity contribution in [2.24, 2.45) is 5.73 Å². The second-order valence-electron chi connectivity index (χ2n) is 3.05. The molecule has 90 valence electrons. The van der Waals surface area contributed by atoms with Gasteiger partial charge >= 0.3 is 0 Å². The summed E-state index contributed by atoms with van der Waals surface area (Å²) in [5.41, 5.74) is 4.93. The Morgan fingerprint density at radius 2 is 1.40 bits per heavy atom. The molecule has 5 nitrogen and oxygen atoms in total. The minimum absolute atomic E-state index is 0.264. The molecule has 0 aliphatic carbocycles. The number of carbonyl (C=O) groups excluding carboxylic acids is 1. The molecule has 0 fully saturated rings. The summed E-state index contributed by atoms with van der Waals surface area (Å²) in [6.07, 6.45) is 1.29. The van der Waals surface area contributed by atoms with Gasteiger partial charge in [0.15, 0.2) is 0 Å². The number of hydrogen-bond acceptors (Lipinski definition) is 4. The maximum Gasteiger partial charge on any atom is 0.219 e. The molecule has 0 saturated carbocycles. The van der Waals surface area contributed by atoms with Crippen molar-refractivity contribution in [3.63, 3.8) is 0 Å². The fraction of sp³-hybridized carbons (Fsp3) is 0.900. The van der Waals surface area contributed by atoms with E-state index in [0.29, 0.717) is 33.0 Å². The van der Waals surface area contributed by atoms with E-state index >= 15 is 0 Å². The molecule has 2 N–H and O–H groups in total. The van der Waals surface area contributed by atoms with Gasteiger partial charge in [0.1, 0.15) is 0 Å². The number of primary amides is 1. The molecule has 0 spiro atoms. The maximum absolute atomic E-state index is 10.3. The highest BCUT2D eigenvalue weighted by molar-refractivity contribution is 5.73. The van der Waals surface area contributed by atoms with Crippen LogP contribution in [0.15, 0.2) is 0 Å². The molecule has 0 aliphatic heterocycles. The van der Waals surface area contributed by atoms with Crippen molar-refractivity contribution >= 4 is 5.91 Å². The summed E-state index contributed by atoms with van der Waals surface area (Å²) >= 11 is 0. The minimum Gasteiger partial charge on any atom is -0.379 e. The van der Waals surface area contributed by atoms with Gasteiger partial charge in [0.2, 0.25) is 5.91 Å². The largest absolute Gasteiger partial charge is 0.379 e. The summed E-state index contributed by atoms with van der Waals surface area (Å²) in [7, 11) is 0. The lowest BCUT2D eigenvalue weighted by Crippen LogP contribution is -2.15. The molecule has 0 radical (unpaired) electrons. The molecule has 0 aromatic heterocycles. The molecule has 1 amide bonds. The van der Waals surface area contributed by atoms with Crippen LogP contribution in [0.1, 0.15) is 19.8 Å². The second kappa shape index (κ2) is 11.4. The average molecular weight is 219 g/mol. The highest BCUT2D eigenvalue weighted by atomic mass is 16.5. The van der Waals surface area contributed by atoms with Crippen LogP contribution in [-0.4, -0.2) is 45.5 Å². The Bertz CT molecular complexity index is 152. The van der Waals surface area contributed by atoms with E-state index in [1.807, 2.05) is 0 Å². The van der Waals surface area contributed by atoms with Gasteiger partial charge < -0.3 is 19.9 Å². The standard InChI is InChI=1S/C10H21NO4/c1-2-4-13-6-8-15-9-7-14-5-3-10(11)12/h2-9H2,1H3,(H2,11,12). The summed E-state index contributed by atoms with van der Waals surface area (Å²) in [6.45, 7) is 5.42. The van der Waals surface area contributed by atoms with Crippen LogP contribution >= 0.6 is 0 Å². The number of hydrogen-bond donors (Lipinski definition) is 1. The molecule has 0 bridgehead atoms. The summed E-state index contributed by atoms with van der Waals surface area (Å²) in [4.78, 5) is 10.3. The Morgan fingerprint density at radius 1 is 0.933 bits per heavy atom. The number of ether oxygens (including phenoxy) is 3. The van der Waals surface area contributed by atoms with E-state index in [9.17, 15) is 4.79 Å². The van der Waals surface area contributed by atoms with E-state index in [4.69, 9.17) is 19.9 Å². The summed E-state index contributed by atoms with van der Waals surface area (Å²) in [5, 5.41) is 0. The van der Waals surface area contributed by atoms with Crippen LogP contribution in [0, 0.1) is 0 Å². The van der Waals surface area contributed by atoms with Gasteiger partial charge in [-0.1, -0.05) is 6.92 Å². The smallest absolute Gasteiger partial charge is 0.219 e. The van der Waals surface area contributed by atoms with Gasteiger partial charge in [-0.3, -0.25) is 4.79 Å². The lowest BCUT2D eigenvalue weighted by Gasteiger charge is -2.05. The zero-order valence-corrected chi connectivity index (χ0v) is 9.37. The van der Waals surface area contributed by atoms with Crippen LogP contribution in [0.2, 0.25) is 0 Å². The van der Waals surface area contributed by atoms with Crippen LogP contribution in [0.4, 0.5) is 0 Å². The Hall–Kier alpha value is -0.650. The maximum atomic E-state index is 10.3. The third-order valence-corrected chi connectivity index (χ3v) is 1.59. The SMILES string of the molecule is CCCOCCOCCOCCC(N)=O. The fourth-order valence-electron chi connectivity index (χ4n) is 0.859. The van der Waals surface area contributed by atoms with Crippen molar-refractivity contribution in [3.05, 3.63) is 0 Å². The first-order valence-corrected chi connectivity index (χ1v) is 5.29. The average Bonchev–Trinajstić information content (AvgIpc) is 2.20. The molecule has 0 aromatic carbocycles. The van der Waals surface area contributed by atoms with E-state index in [1.54, 1.807) is 0 Å². The van der Waals surface area contributed by atoms with Crippen LogP contribution in [0.3, 0.4) is 0 Å². The molecule has 0 unspecified atom stereocenters. The number of carbonyl (C=O) groups is 1. The monoisotopic (exact) mass is 219 g/mol. The zero-order chi connectivity index (χ0) is 11.4. The van der Waals surface area contributed by atoms with Gasteiger partial charge in [-0.25, -0.2) is 0 Å².